The molecule has 1 aromatic rings. The Kier molecular flexibility index (Phi) is 4.97. The number of aliphatic hydroxyl groups excluding tert-OH is 1. The summed E-state index contributed by atoms with van der Waals surface area (Å²) in [7, 11) is -4.37. The Bertz CT molecular complexity index is 610. The SMILES string of the molecule is C[C@@H](O)[C@H](NS(=O)(=O)c1ccc(C(F)(F)F)cc1)C(=O)O. The molecule has 3 N–H and O–H groups in total. The number of nitrogens with one attached hydrogen (secondary N) is 1. The lowest BCUT2D eigenvalue weighted by atomic mass is 10.2. The minimum atomic E-state index is -4.61. The number of benzene rings is 1. The summed E-state index contributed by atoms with van der Waals surface area (Å²) in [6, 6.07) is 0.717. The number of aliphatic hydroxyl groups is 1. The van der Waals surface area contributed by atoms with E-state index in [9.17, 15) is 31.5 Å². The number of carbonyl (C=O) groups is 1. The standard InChI is InChI=1S/C11H12F3NO5S/c1-6(16)9(10(17)18)15-21(19,20)8-4-2-7(3-5-8)11(12,13)14/h2-6,9,15-16H,1H3,(H,17,18)/t6-,9+/m1/s1. The van der Waals surface area contributed by atoms with Gasteiger partial charge in [0.1, 0.15) is 6.04 Å². The predicted octanol–water partition coefficient (Wildman–Crippen LogP) is 0.818. The van der Waals surface area contributed by atoms with Gasteiger partial charge in [-0.15, -0.1) is 0 Å². The van der Waals surface area contributed by atoms with E-state index >= 15 is 0 Å². The average Bonchev–Trinajstić information content (AvgIpc) is 2.34. The maximum absolute atomic E-state index is 12.4. The van der Waals surface area contributed by atoms with Crippen LogP contribution in [0.4, 0.5) is 13.2 Å². The molecule has 0 aromatic heterocycles. The Balaban J connectivity index is 3.06. The van der Waals surface area contributed by atoms with Gasteiger partial charge in [0.05, 0.1) is 16.6 Å². The molecule has 0 spiro atoms. The van der Waals surface area contributed by atoms with Crippen molar-refractivity contribution >= 4 is 16.0 Å². The van der Waals surface area contributed by atoms with Gasteiger partial charge in [-0.05, 0) is 31.2 Å². The third kappa shape index (κ3) is 4.41. The fourth-order valence-corrected chi connectivity index (χ4v) is 2.68. The summed E-state index contributed by atoms with van der Waals surface area (Å²) in [6.45, 7) is 1.06. The molecular weight excluding hydrogens is 315 g/mol. The van der Waals surface area contributed by atoms with Crippen molar-refractivity contribution < 1.29 is 36.6 Å². The monoisotopic (exact) mass is 327 g/mol. The van der Waals surface area contributed by atoms with Crippen LogP contribution < -0.4 is 4.72 Å². The Morgan fingerprint density at radius 2 is 1.71 bits per heavy atom. The number of hydrogen-bond acceptors (Lipinski definition) is 4. The first kappa shape index (κ1) is 17.4. The average molecular weight is 327 g/mol. The van der Waals surface area contributed by atoms with Gasteiger partial charge in [-0.1, -0.05) is 0 Å². The quantitative estimate of drug-likeness (QED) is 0.743. The summed E-state index contributed by atoms with van der Waals surface area (Å²) in [4.78, 5) is 10.3. The molecule has 0 radical (unpaired) electrons. The summed E-state index contributed by atoms with van der Waals surface area (Å²) in [5.41, 5.74) is -1.04. The molecule has 0 aliphatic heterocycles. The highest BCUT2D eigenvalue weighted by Gasteiger charge is 2.32. The van der Waals surface area contributed by atoms with Crippen LogP contribution in [-0.4, -0.2) is 36.7 Å². The highest BCUT2D eigenvalue weighted by Crippen LogP contribution is 2.29. The van der Waals surface area contributed by atoms with Gasteiger partial charge >= 0.3 is 12.1 Å². The van der Waals surface area contributed by atoms with Crippen LogP contribution >= 0.6 is 0 Å². The number of alkyl halides is 3. The minimum absolute atomic E-state index is 0.539. The van der Waals surface area contributed by atoms with Gasteiger partial charge in [-0.2, -0.15) is 17.9 Å². The number of hydrogen-bond donors (Lipinski definition) is 3. The molecule has 0 fully saturated rings. The van der Waals surface area contributed by atoms with Crippen molar-refractivity contribution in [2.24, 2.45) is 0 Å². The zero-order valence-corrected chi connectivity index (χ0v) is 11.4. The van der Waals surface area contributed by atoms with Crippen molar-refractivity contribution in [2.75, 3.05) is 0 Å². The number of rotatable bonds is 5. The number of aliphatic carboxylic acids is 1. The van der Waals surface area contributed by atoms with E-state index in [0.29, 0.717) is 24.3 Å². The second-order valence-corrected chi connectivity index (χ2v) is 5.91. The molecule has 0 saturated heterocycles. The van der Waals surface area contributed by atoms with Crippen molar-refractivity contribution in [3.63, 3.8) is 0 Å². The highest BCUT2D eigenvalue weighted by atomic mass is 32.2. The fourth-order valence-electron chi connectivity index (χ4n) is 1.41. The molecule has 2 atom stereocenters. The molecule has 10 heteroatoms. The molecule has 0 bridgehead atoms. The van der Waals surface area contributed by atoms with Crippen LogP contribution in [0.5, 0.6) is 0 Å². The lowest BCUT2D eigenvalue weighted by Crippen LogP contribution is -2.47. The second kappa shape index (κ2) is 6.00. The summed E-state index contributed by atoms with van der Waals surface area (Å²) in [5, 5.41) is 18.0. The number of carboxylic acids is 1. The van der Waals surface area contributed by atoms with Crippen LogP contribution in [0.3, 0.4) is 0 Å². The predicted molar refractivity (Wildman–Crippen MR) is 64.9 cm³/mol. The van der Waals surface area contributed by atoms with Crippen LogP contribution in [0.15, 0.2) is 29.2 Å². The summed E-state index contributed by atoms with van der Waals surface area (Å²) in [5.74, 6) is -1.61. The molecule has 1 rings (SSSR count). The minimum Gasteiger partial charge on any atom is -0.480 e. The summed E-state index contributed by atoms with van der Waals surface area (Å²) in [6.07, 6.45) is -6.13. The maximum atomic E-state index is 12.4. The van der Waals surface area contributed by atoms with Crippen LogP contribution in [-0.2, 0) is 21.0 Å². The van der Waals surface area contributed by atoms with E-state index in [1.54, 1.807) is 4.72 Å². The first-order valence-corrected chi connectivity index (χ1v) is 7.04. The largest absolute Gasteiger partial charge is 0.480 e. The van der Waals surface area contributed by atoms with Crippen molar-refractivity contribution in [3.8, 4) is 0 Å². The van der Waals surface area contributed by atoms with E-state index in [2.05, 4.69) is 0 Å². The van der Waals surface area contributed by atoms with E-state index in [0.717, 1.165) is 6.92 Å². The molecule has 0 unspecified atom stereocenters. The fraction of sp³-hybridized carbons (Fsp3) is 0.364. The molecule has 6 nitrogen and oxygen atoms in total. The van der Waals surface area contributed by atoms with E-state index in [1.165, 1.54) is 0 Å². The molecule has 1 aromatic carbocycles. The third-order valence-corrected chi connectivity index (χ3v) is 3.98. The summed E-state index contributed by atoms with van der Waals surface area (Å²) >= 11 is 0. The zero-order valence-electron chi connectivity index (χ0n) is 10.6. The molecule has 0 aliphatic carbocycles. The molecule has 21 heavy (non-hydrogen) atoms. The van der Waals surface area contributed by atoms with Gasteiger partial charge in [0.2, 0.25) is 10.0 Å². The van der Waals surface area contributed by atoms with Gasteiger partial charge in [-0.25, -0.2) is 8.42 Å². The molecule has 0 saturated carbocycles. The van der Waals surface area contributed by atoms with Gasteiger partial charge in [-0.3, -0.25) is 4.79 Å². The smallest absolute Gasteiger partial charge is 0.416 e. The van der Waals surface area contributed by atoms with Crippen molar-refractivity contribution in [2.45, 2.75) is 30.1 Å². The normalized spacial score (nSPS) is 15.5. The Morgan fingerprint density at radius 1 is 1.24 bits per heavy atom. The van der Waals surface area contributed by atoms with E-state index in [4.69, 9.17) is 5.11 Å². The Labute approximate surface area is 118 Å². The van der Waals surface area contributed by atoms with E-state index < -0.39 is 44.8 Å². The Hall–Kier alpha value is -1.65. The van der Waals surface area contributed by atoms with E-state index in [-0.39, 0.29) is 0 Å². The van der Waals surface area contributed by atoms with Gasteiger partial charge in [0.15, 0.2) is 0 Å². The third-order valence-electron chi connectivity index (χ3n) is 2.52. The summed E-state index contributed by atoms with van der Waals surface area (Å²) < 4.78 is 62.5. The lowest BCUT2D eigenvalue weighted by Gasteiger charge is -2.17. The van der Waals surface area contributed by atoms with Gasteiger partial charge < -0.3 is 10.2 Å². The van der Waals surface area contributed by atoms with Crippen LogP contribution in [0.1, 0.15) is 12.5 Å². The first-order chi connectivity index (χ1) is 9.45. The molecule has 0 amide bonds. The molecular formula is C11H12F3NO5S. The zero-order chi connectivity index (χ0) is 16.4. The maximum Gasteiger partial charge on any atom is 0.416 e. The Morgan fingerprint density at radius 3 is 2.05 bits per heavy atom. The first-order valence-electron chi connectivity index (χ1n) is 5.55. The van der Waals surface area contributed by atoms with Crippen molar-refractivity contribution in [3.05, 3.63) is 29.8 Å². The van der Waals surface area contributed by atoms with E-state index in [1.807, 2.05) is 0 Å². The number of carboxylic acid groups (broad SMARTS) is 1. The van der Waals surface area contributed by atoms with Gasteiger partial charge in [0, 0.05) is 0 Å². The lowest BCUT2D eigenvalue weighted by molar-refractivity contribution is -0.141. The topological polar surface area (TPSA) is 104 Å². The second-order valence-electron chi connectivity index (χ2n) is 4.20. The number of halogens is 3. The molecule has 0 aliphatic rings. The van der Waals surface area contributed by atoms with Crippen molar-refractivity contribution in [1.29, 1.82) is 0 Å². The van der Waals surface area contributed by atoms with Crippen molar-refractivity contribution in [1.82, 2.24) is 4.72 Å². The molecule has 0 heterocycles. The number of sulfonamides is 1. The highest BCUT2D eigenvalue weighted by molar-refractivity contribution is 7.89. The molecule has 118 valence electrons. The van der Waals surface area contributed by atoms with Gasteiger partial charge in [0.25, 0.3) is 0 Å². The van der Waals surface area contributed by atoms with Crippen LogP contribution in [0.2, 0.25) is 0 Å². The van der Waals surface area contributed by atoms with Crippen LogP contribution in [0.25, 0.3) is 0 Å². The van der Waals surface area contributed by atoms with Crippen LogP contribution in [0, 0.1) is 0 Å².